The summed E-state index contributed by atoms with van der Waals surface area (Å²) in [6, 6.07) is 0. The first-order valence-electron chi connectivity index (χ1n) is 6.57. The standard InChI is InChI=1S/C13H18N2O4/c1-17-10-6-13(19-7-10)2-4-15(5-3-13)12(16)11-8-18-9-14-11/h8-10H,2-7H2,1H3/t10-/m0/s1. The number of amides is 1. The van der Waals surface area contributed by atoms with E-state index in [2.05, 4.69) is 4.98 Å². The Balaban J connectivity index is 1.59. The third-order valence-electron chi connectivity index (χ3n) is 4.12. The van der Waals surface area contributed by atoms with Gasteiger partial charge in [0.2, 0.25) is 0 Å². The van der Waals surface area contributed by atoms with E-state index in [1.165, 1.54) is 12.7 Å². The first kappa shape index (κ1) is 12.6. The van der Waals surface area contributed by atoms with Crippen LogP contribution in [0, 0.1) is 0 Å². The molecule has 3 rings (SSSR count). The maximum absolute atomic E-state index is 12.1. The molecule has 0 aromatic carbocycles. The molecule has 0 bridgehead atoms. The van der Waals surface area contributed by atoms with E-state index in [0.29, 0.717) is 25.4 Å². The Morgan fingerprint density at radius 3 is 2.89 bits per heavy atom. The molecule has 104 valence electrons. The van der Waals surface area contributed by atoms with Crippen LogP contribution in [0.3, 0.4) is 0 Å². The van der Waals surface area contributed by atoms with Crippen LogP contribution in [0.4, 0.5) is 0 Å². The highest BCUT2D eigenvalue weighted by Crippen LogP contribution is 2.36. The molecule has 2 saturated heterocycles. The maximum Gasteiger partial charge on any atom is 0.275 e. The quantitative estimate of drug-likeness (QED) is 0.801. The number of methoxy groups -OCH3 is 1. The minimum atomic E-state index is -0.0960. The third kappa shape index (κ3) is 2.37. The van der Waals surface area contributed by atoms with Gasteiger partial charge in [-0.1, -0.05) is 0 Å². The van der Waals surface area contributed by atoms with Gasteiger partial charge >= 0.3 is 0 Å². The van der Waals surface area contributed by atoms with E-state index in [4.69, 9.17) is 13.9 Å². The van der Waals surface area contributed by atoms with Gasteiger partial charge in [-0.05, 0) is 12.8 Å². The van der Waals surface area contributed by atoms with Crippen LogP contribution in [0.15, 0.2) is 17.1 Å². The number of ether oxygens (including phenoxy) is 2. The number of carbonyl (C=O) groups excluding carboxylic acids is 1. The number of oxazole rings is 1. The fourth-order valence-corrected chi connectivity index (χ4v) is 2.90. The monoisotopic (exact) mass is 266 g/mol. The van der Waals surface area contributed by atoms with Gasteiger partial charge in [-0.3, -0.25) is 4.79 Å². The lowest BCUT2D eigenvalue weighted by molar-refractivity contribution is -0.0403. The third-order valence-corrected chi connectivity index (χ3v) is 4.12. The number of rotatable bonds is 2. The van der Waals surface area contributed by atoms with E-state index >= 15 is 0 Å². The van der Waals surface area contributed by atoms with Gasteiger partial charge in [-0.25, -0.2) is 4.98 Å². The summed E-state index contributed by atoms with van der Waals surface area (Å²) < 4.78 is 16.1. The van der Waals surface area contributed by atoms with E-state index in [1.807, 2.05) is 4.90 Å². The van der Waals surface area contributed by atoms with Gasteiger partial charge in [0, 0.05) is 26.6 Å². The summed E-state index contributed by atoms with van der Waals surface area (Å²) in [5.74, 6) is -0.0649. The molecule has 1 aromatic rings. The topological polar surface area (TPSA) is 64.8 Å². The molecule has 1 spiro atoms. The van der Waals surface area contributed by atoms with Crippen LogP contribution in [0.25, 0.3) is 0 Å². The van der Waals surface area contributed by atoms with Crippen LogP contribution in [0.1, 0.15) is 29.8 Å². The summed E-state index contributed by atoms with van der Waals surface area (Å²) in [6.07, 6.45) is 5.50. The Morgan fingerprint density at radius 2 is 2.32 bits per heavy atom. The zero-order chi connectivity index (χ0) is 13.3. The van der Waals surface area contributed by atoms with Crippen molar-refractivity contribution in [1.82, 2.24) is 9.88 Å². The lowest BCUT2D eigenvalue weighted by Crippen LogP contribution is -2.46. The van der Waals surface area contributed by atoms with E-state index in [-0.39, 0.29) is 17.6 Å². The molecule has 6 nitrogen and oxygen atoms in total. The predicted octanol–water partition coefficient (Wildman–Crippen LogP) is 1.08. The molecule has 2 fully saturated rings. The number of aromatic nitrogens is 1. The fourth-order valence-electron chi connectivity index (χ4n) is 2.90. The summed E-state index contributed by atoms with van der Waals surface area (Å²) in [4.78, 5) is 17.8. The van der Waals surface area contributed by atoms with Crippen LogP contribution in [0.5, 0.6) is 0 Å². The molecule has 6 heteroatoms. The highest BCUT2D eigenvalue weighted by molar-refractivity contribution is 5.91. The molecule has 2 aliphatic rings. The zero-order valence-electron chi connectivity index (χ0n) is 11.0. The van der Waals surface area contributed by atoms with Crippen LogP contribution in [-0.2, 0) is 9.47 Å². The van der Waals surface area contributed by atoms with Crippen molar-refractivity contribution in [2.24, 2.45) is 0 Å². The Bertz CT molecular complexity index is 438. The molecule has 0 aliphatic carbocycles. The smallest absolute Gasteiger partial charge is 0.275 e. The van der Waals surface area contributed by atoms with E-state index in [9.17, 15) is 4.79 Å². The Kier molecular flexibility index (Phi) is 3.28. The summed E-state index contributed by atoms with van der Waals surface area (Å²) >= 11 is 0. The Hall–Kier alpha value is -1.40. The minimum absolute atomic E-state index is 0.0649. The SMILES string of the molecule is CO[C@@H]1COC2(CCN(C(=O)c3cocn3)CC2)C1. The van der Waals surface area contributed by atoms with Crippen molar-refractivity contribution in [2.75, 3.05) is 26.8 Å². The second kappa shape index (κ2) is 4.94. The predicted molar refractivity (Wildman–Crippen MR) is 65.7 cm³/mol. The van der Waals surface area contributed by atoms with Crippen LogP contribution < -0.4 is 0 Å². The lowest BCUT2D eigenvalue weighted by atomic mass is 9.88. The number of piperidine rings is 1. The molecule has 1 aromatic heterocycles. The van der Waals surface area contributed by atoms with E-state index in [1.54, 1.807) is 7.11 Å². The van der Waals surface area contributed by atoms with Gasteiger partial charge in [-0.2, -0.15) is 0 Å². The second-order valence-electron chi connectivity index (χ2n) is 5.22. The summed E-state index contributed by atoms with van der Waals surface area (Å²) in [7, 11) is 1.72. The molecular formula is C13H18N2O4. The molecule has 1 amide bonds. The van der Waals surface area contributed by atoms with Crippen molar-refractivity contribution in [3.05, 3.63) is 18.4 Å². The maximum atomic E-state index is 12.1. The van der Waals surface area contributed by atoms with Crippen molar-refractivity contribution in [1.29, 1.82) is 0 Å². The van der Waals surface area contributed by atoms with Crippen LogP contribution in [0.2, 0.25) is 0 Å². The highest BCUT2D eigenvalue weighted by atomic mass is 16.6. The van der Waals surface area contributed by atoms with Crippen molar-refractivity contribution >= 4 is 5.91 Å². The number of carbonyl (C=O) groups is 1. The molecule has 0 unspecified atom stereocenters. The molecule has 0 saturated carbocycles. The van der Waals surface area contributed by atoms with Gasteiger partial charge in [0.15, 0.2) is 12.1 Å². The second-order valence-corrected chi connectivity index (χ2v) is 5.22. The minimum Gasteiger partial charge on any atom is -0.451 e. The van der Waals surface area contributed by atoms with Gasteiger partial charge in [0.05, 0.1) is 18.3 Å². The Labute approximate surface area is 111 Å². The van der Waals surface area contributed by atoms with Gasteiger partial charge in [0.1, 0.15) is 6.26 Å². The van der Waals surface area contributed by atoms with Crippen molar-refractivity contribution in [3.8, 4) is 0 Å². The van der Waals surface area contributed by atoms with Gasteiger partial charge in [-0.15, -0.1) is 0 Å². The first-order chi connectivity index (χ1) is 9.22. The zero-order valence-corrected chi connectivity index (χ0v) is 11.0. The number of hydrogen-bond donors (Lipinski definition) is 0. The van der Waals surface area contributed by atoms with Gasteiger partial charge in [0.25, 0.3) is 5.91 Å². The normalized spacial score (nSPS) is 25.9. The van der Waals surface area contributed by atoms with Gasteiger partial charge < -0.3 is 18.8 Å². The average molecular weight is 266 g/mol. The molecule has 19 heavy (non-hydrogen) atoms. The Morgan fingerprint density at radius 1 is 1.53 bits per heavy atom. The number of likely N-dealkylation sites (tertiary alicyclic amines) is 1. The van der Waals surface area contributed by atoms with Crippen molar-refractivity contribution in [3.63, 3.8) is 0 Å². The summed E-state index contributed by atoms with van der Waals surface area (Å²) in [5, 5.41) is 0. The number of hydrogen-bond acceptors (Lipinski definition) is 5. The lowest BCUT2D eigenvalue weighted by Gasteiger charge is -2.38. The van der Waals surface area contributed by atoms with Crippen LogP contribution in [-0.4, -0.2) is 54.3 Å². The molecule has 2 aliphatic heterocycles. The molecule has 1 atom stereocenters. The summed E-state index contributed by atoms with van der Waals surface area (Å²) in [5.41, 5.74) is 0.277. The summed E-state index contributed by atoms with van der Waals surface area (Å²) in [6.45, 7) is 2.05. The van der Waals surface area contributed by atoms with Crippen LogP contribution >= 0.6 is 0 Å². The van der Waals surface area contributed by atoms with E-state index < -0.39 is 0 Å². The molecule has 0 N–H and O–H groups in total. The highest BCUT2D eigenvalue weighted by Gasteiger charge is 2.43. The number of nitrogens with zero attached hydrogens (tertiary/aromatic N) is 2. The van der Waals surface area contributed by atoms with E-state index in [0.717, 1.165) is 19.3 Å². The average Bonchev–Trinajstić information content (AvgIpc) is 3.09. The molecular weight excluding hydrogens is 248 g/mol. The molecule has 0 radical (unpaired) electrons. The van der Waals surface area contributed by atoms with Crippen molar-refractivity contribution < 1.29 is 18.7 Å². The fraction of sp³-hybridized carbons (Fsp3) is 0.692. The first-order valence-corrected chi connectivity index (χ1v) is 6.57. The molecule has 3 heterocycles. The largest absolute Gasteiger partial charge is 0.451 e. The van der Waals surface area contributed by atoms with Crippen molar-refractivity contribution in [2.45, 2.75) is 31.0 Å².